The smallest absolute Gasteiger partial charge is 0.563 e. The fraction of sp³-hybridized carbons (Fsp3) is 1.00. The molecule has 0 spiro atoms. The maximum absolute atomic E-state index is 9.24. The molecule has 6 nitrogen and oxygen atoms in total. The van der Waals surface area contributed by atoms with E-state index in [0.717, 1.165) is 0 Å². The first-order chi connectivity index (χ1) is 4.54. The van der Waals surface area contributed by atoms with Crippen molar-refractivity contribution in [2.75, 3.05) is 6.07 Å². The van der Waals surface area contributed by atoms with Gasteiger partial charge in [0, 0.05) is 0 Å². The second kappa shape index (κ2) is 13.4. The molecule has 0 aromatic heterocycles. The molecule has 2 unspecified atom stereocenters. The summed E-state index contributed by atoms with van der Waals surface area (Å²) in [5.41, 5.74) is 0. The van der Waals surface area contributed by atoms with Crippen LogP contribution in [0, 0.1) is 0 Å². The summed E-state index contributed by atoms with van der Waals surface area (Å²) in [5, 5.41) is 7.33. The van der Waals surface area contributed by atoms with Gasteiger partial charge in [-0.3, -0.25) is 0 Å². The van der Waals surface area contributed by atoms with Gasteiger partial charge in [0.1, 0.15) is 10.4 Å². The molecule has 0 aromatic carbocycles. The van der Waals surface area contributed by atoms with Gasteiger partial charge in [0.15, 0.2) is 0 Å². The van der Waals surface area contributed by atoms with Crippen LogP contribution in [0.5, 0.6) is 0 Å². The topological polar surface area (TPSA) is 110 Å². The third-order valence-corrected chi connectivity index (χ3v) is 1.20. The van der Waals surface area contributed by atoms with Gasteiger partial charge in [-0.15, -0.1) is 0 Å². The third kappa shape index (κ3) is 36.1. The van der Waals surface area contributed by atoms with Gasteiger partial charge in [-0.2, -0.15) is 0 Å². The van der Waals surface area contributed by atoms with Gasteiger partial charge in [-0.05, 0) is 9.13 Å². The van der Waals surface area contributed by atoms with Crippen LogP contribution in [0.1, 0.15) is 0 Å². The van der Waals surface area contributed by atoms with Crippen molar-refractivity contribution < 1.29 is 45.4 Å². The summed E-state index contributed by atoms with van der Waals surface area (Å²) in [7, 11) is -6.47. The van der Waals surface area contributed by atoms with Crippen molar-refractivity contribution in [2.24, 2.45) is 0 Å². The molecule has 65 valence electrons. The minimum Gasteiger partial charge on any atom is -0.563 e. The first-order valence-electron chi connectivity index (χ1n) is 1.68. The first-order valence-corrected chi connectivity index (χ1v) is 4.40. The van der Waals surface area contributed by atoms with Gasteiger partial charge in [0.25, 0.3) is 0 Å². The molecule has 0 aliphatic rings. The first kappa shape index (κ1) is 17.8. The van der Waals surface area contributed by atoms with E-state index < -0.39 is 16.5 Å². The summed E-state index contributed by atoms with van der Waals surface area (Å²) >= 11 is 4.55. The number of halogens is 1. The Balaban J connectivity index is -0.000000140. The molecule has 0 saturated carbocycles. The molecule has 0 heterocycles. The van der Waals surface area contributed by atoms with Crippen LogP contribution >= 0.6 is 28.1 Å². The normalized spacial score (nSPS) is 10.2. The molecule has 0 amide bonds. The third-order valence-electron chi connectivity index (χ3n) is 0.133. The van der Waals surface area contributed by atoms with Gasteiger partial charge in [0.2, 0.25) is 0 Å². The fourth-order valence-corrected chi connectivity index (χ4v) is 0.490. The number of aliphatic hydroxyl groups is 1. The monoisotopic (exact) mass is 263 g/mol. The van der Waals surface area contributed by atoms with Crippen LogP contribution in [0.3, 0.4) is 0 Å². The Hall–Kier alpha value is 0.849. The van der Waals surface area contributed by atoms with Crippen molar-refractivity contribution in [1.29, 1.82) is 0 Å². The van der Waals surface area contributed by atoms with Crippen LogP contribution in [0.4, 0.5) is 0 Å². The van der Waals surface area contributed by atoms with E-state index in [4.69, 9.17) is 5.11 Å². The zero-order valence-corrected chi connectivity index (χ0v) is 8.57. The number of rotatable bonds is 2. The molecular formula is CH3ClMnO6P2+2. The maximum atomic E-state index is 9.24. The Morgan fingerprint density at radius 3 is 1.55 bits per heavy atom. The minimum atomic E-state index is -3.24. The zero-order chi connectivity index (χ0) is 8.57. The van der Waals surface area contributed by atoms with Crippen molar-refractivity contribution in [2.45, 2.75) is 0 Å². The Morgan fingerprint density at radius 1 is 1.36 bits per heavy atom. The van der Waals surface area contributed by atoms with Crippen LogP contribution in [-0.2, 0) is 30.5 Å². The second-order valence-electron chi connectivity index (χ2n) is 0.648. The van der Waals surface area contributed by atoms with Crippen LogP contribution in [-0.4, -0.2) is 11.2 Å². The van der Waals surface area contributed by atoms with E-state index in [9.17, 15) is 18.9 Å². The zero-order valence-electron chi connectivity index (χ0n) is 4.85. The van der Waals surface area contributed by atoms with Gasteiger partial charge >= 0.3 is 33.6 Å². The summed E-state index contributed by atoms with van der Waals surface area (Å²) in [6, 6.07) is -0.278. The van der Waals surface area contributed by atoms with Crippen molar-refractivity contribution in [3.05, 3.63) is 0 Å². The molecule has 0 aliphatic heterocycles. The van der Waals surface area contributed by atoms with E-state index in [-0.39, 0.29) is 23.1 Å². The predicted octanol–water partition coefficient (Wildman–Crippen LogP) is -0.789. The predicted molar refractivity (Wildman–Crippen MR) is 29.2 cm³/mol. The van der Waals surface area contributed by atoms with Crippen molar-refractivity contribution >= 4 is 28.1 Å². The van der Waals surface area contributed by atoms with Gasteiger partial charge in [-0.25, -0.2) is 0 Å². The average molecular weight is 263 g/mol. The fourth-order valence-electron chi connectivity index (χ4n) is 0.0544. The van der Waals surface area contributed by atoms with E-state index in [1.807, 2.05) is 0 Å². The van der Waals surface area contributed by atoms with Gasteiger partial charge in [-0.1, -0.05) is 11.6 Å². The maximum Gasteiger partial charge on any atom is 2.00 e. The van der Waals surface area contributed by atoms with Crippen molar-refractivity contribution in [3.8, 4) is 0 Å². The SMILES string of the molecule is O=[P+]([O-])O[P+](=O)[O-].OCCl.[Mn+2]. The largest absolute Gasteiger partial charge is 2.00 e. The molecule has 2 atom stereocenters. The van der Waals surface area contributed by atoms with Crippen LogP contribution in [0.15, 0.2) is 0 Å². The van der Waals surface area contributed by atoms with E-state index in [1.54, 1.807) is 0 Å². The Kier molecular flexibility index (Phi) is 21.8. The number of alkyl halides is 1. The standard InChI is InChI=1S/CH3ClO.Mn.O5P2/c2-1-3;;1-6(2)5-7(3)4/h3H,1H2;;/q;+2;. The Bertz CT molecular complexity index is 107. The molecule has 10 heteroatoms. The number of hydrogen-bond donors (Lipinski definition) is 1. The van der Waals surface area contributed by atoms with E-state index in [1.165, 1.54) is 0 Å². The quantitative estimate of drug-likeness (QED) is 0.397. The minimum absolute atomic E-state index is 0. The van der Waals surface area contributed by atoms with E-state index in [2.05, 4.69) is 15.9 Å². The molecular weight excluding hydrogens is 260 g/mol. The van der Waals surface area contributed by atoms with Gasteiger partial charge in [0.05, 0.1) is 0 Å². The van der Waals surface area contributed by atoms with Gasteiger partial charge < -0.3 is 14.9 Å². The van der Waals surface area contributed by atoms with Crippen molar-refractivity contribution in [3.63, 3.8) is 0 Å². The van der Waals surface area contributed by atoms with Crippen LogP contribution in [0.25, 0.3) is 0 Å². The summed E-state index contributed by atoms with van der Waals surface area (Å²) in [6.45, 7) is 0. The molecule has 0 aromatic rings. The summed E-state index contributed by atoms with van der Waals surface area (Å²) in [4.78, 5) is 18.5. The second-order valence-corrected chi connectivity index (χ2v) is 2.44. The van der Waals surface area contributed by atoms with Crippen LogP contribution in [0.2, 0.25) is 0 Å². The summed E-state index contributed by atoms with van der Waals surface area (Å²) < 4.78 is 21.6. The molecule has 0 saturated heterocycles. The molecule has 0 aliphatic carbocycles. The number of aliphatic hydroxyl groups excluding tert-OH is 1. The van der Waals surface area contributed by atoms with E-state index in [0.29, 0.717) is 0 Å². The van der Waals surface area contributed by atoms with E-state index >= 15 is 0 Å². The van der Waals surface area contributed by atoms with Crippen LogP contribution < -0.4 is 9.79 Å². The Labute approximate surface area is 79.9 Å². The molecule has 0 fully saturated rings. The summed E-state index contributed by atoms with van der Waals surface area (Å²) in [6.07, 6.45) is 0. The molecule has 0 bridgehead atoms. The molecule has 11 heavy (non-hydrogen) atoms. The number of hydrogen-bond acceptors (Lipinski definition) is 6. The molecule has 1 N–H and O–H groups in total. The summed E-state index contributed by atoms with van der Waals surface area (Å²) in [5.74, 6) is 0. The average Bonchev–Trinajstić information content (AvgIpc) is 1.62. The molecule has 0 rings (SSSR count). The molecule has 1 radical (unpaired) electrons. The van der Waals surface area contributed by atoms with Crippen molar-refractivity contribution in [1.82, 2.24) is 0 Å². The Morgan fingerprint density at radius 2 is 1.55 bits per heavy atom.